The molecule has 2 N–H and O–H groups in total. The highest BCUT2D eigenvalue weighted by molar-refractivity contribution is 5.99. The van der Waals surface area contributed by atoms with Crippen LogP contribution in [0.5, 0.6) is 5.88 Å². The van der Waals surface area contributed by atoms with Crippen LogP contribution in [0.2, 0.25) is 0 Å². The van der Waals surface area contributed by atoms with Gasteiger partial charge >= 0.3 is 6.18 Å². The van der Waals surface area contributed by atoms with Gasteiger partial charge in [-0.1, -0.05) is 0 Å². The van der Waals surface area contributed by atoms with Gasteiger partial charge in [0.05, 0.1) is 17.2 Å². The summed E-state index contributed by atoms with van der Waals surface area (Å²) in [5, 5.41) is 13.6. The first-order valence-electron chi connectivity index (χ1n) is 7.46. The van der Waals surface area contributed by atoms with Crippen molar-refractivity contribution < 1.29 is 27.8 Å². The Balaban J connectivity index is 1.55. The van der Waals surface area contributed by atoms with Crippen LogP contribution in [0, 0.1) is 5.41 Å². The van der Waals surface area contributed by atoms with Crippen molar-refractivity contribution in [1.82, 2.24) is 14.9 Å². The number of amides is 1. The van der Waals surface area contributed by atoms with Crippen molar-refractivity contribution >= 4 is 5.91 Å². The Hall–Kier alpha value is -2.62. The van der Waals surface area contributed by atoms with Crippen molar-refractivity contribution in [2.24, 2.45) is 5.41 Å². The number of carbonyl (C=O) groups excluding carboxylic acids is 1. The van der Waals surface area contributed by atoms with Crippen molar-refractivity contribution in [3.63, 3.8) is 0 Å². The maximum Gasteiger partial charge on any atom is 0.397 e. The quantitative estimate of drug-likeness (QED) is 0.823. The molecule has 1 amide bonds. The molecule has 2 aromatic heterocycles. The number of alkyl halides is 3. The smallest absolute Gasteiger partial charge is 0.397 e. The van der Waals surface area contributed by atoms with Crippen LogP contribution in [-0.4, -0.2) is 44.8 Å². The second-order valence-electron chi connectivity index (χ2n) is 5.76. The van der Waals surface area contributed by atoms with Gasteiger partial charge in [0.25, 0.3) is 5.91 Å². The van der Waals surface area contributed by atoms with E-state index >= 15 is 0 Å². The first kappa shape index (κ1) is 17.2. The number of nitrogens with zero attached hydrogens (tertiary/aromatic N) is 3. The summed E-state index contributed by atoms with van der Waals surface area (Å²) in [5.74, 6) is -0.472. The molecule has 7 nitrogen and oxygen atoms in total. The van der Waals surface area contributed by atoms with Gasteiger partial charge in [-0.25, -0.2) is 5.43 Å². The normalized spacial score (nSPS) is 17.0. The maximum atomic E-state index is 12.9. The summed E-state index contributed by atoms with van der Waals surface area (Å²) in [6, 6.07) is 4.53. The van der Waals surface area contributed by atoms with Crippen LogP contribution in [0.1, 0.15) is 23.2 Å². The van der Waals surface area contributed by atoms with Gasteiger partial charge in [-0.3, -0.25) is 9.78 Å². The third-order valence-corrected chi connectivity index (χ3v) is 4.08. The number of aromatic nitrogens is 3. The van der Waals surface area contributed by atoms with E-state index in [-0.39, 0.29) is 18.7 Å². The molecule has 1 unspecified atom stereocenters. The van der Waals surface area contributed by atoms with Gasteiger partial charge in [-0.15, -0.1) is 5.10 Å². The Morgan fingerprint density at radius 1 is 1.44 bits per heavy atom. The minimum absolute atomic E-state index is 0.0106. The lowest BCUT2D eigenvalue weighted by atomic mass is 9.99. The molecule has 0 aliphatic heterocycles. The van der Waals surface area contributed by atoms with Gasteiger partial charge in [0, 0.05) is 18.5 Å². The SMILES string of the molecule is O=C(Nn1ccc(OCC(O)C2(C(F)(F)F)CC2)n1)c1cccnc1. The second-order valence-corrected chi connectivity index (χ2v) is 5.76. The largest absolute Gasteiger partial charge is 0.474 e. The molecule has 1 atom stereocenters. The molecule has 0 spiro atoms. The molecule has 0 aromatic carbocycles. The Labute approximate surface area is 140 Å². The van der Waals surface area contributed by atoms with Crippen molar-refractivity contribution in [2.45, 2.75) is 25.1 Å². The average molecular weight is 356 g/mol. The minimum Gasteiger partial charge on any atom is -0.474 e. The van der Waals surface area contributed by atoms with E-state index in [2.05, 4.69) is 15.5 Å². The van der Waals surface area contributed by atoms with Crippen LogP contribution < -0.4 is 10.2 Å². The molecule has 2 heterocycles. The summed E-state index contributed by atoms with van der Waals surface area (Å²) in [4.78, 5) is 16.8. The zero-order valence-corrected chi connectivity index (χ0v) is 12.9. The maximum absolute atomic E-state index is 12.9. The van der Waals surface area contributed by atoms with Gasteiger partial charge in [0.2, 0.25) is 5.88 Å². The third kappa shape index (κ3) is 3.58. The molecular formula is C15H15F3N4O3. The summed E-state index contributed by atoms with van der Waals surface area (Å²) >= 11 is 0. The molecule has 1 fully saturated rings. The molecular weight excluding hydrogens is 341 g/mol. The first-order chi connectivity index (χ1) is 11.8. The minimum atomic E-state index is -4.47. The van der Waals surface area contributed by atoms with E-state index in [0.29, 0.717) is 5.56 Å². The van der Waals surface area contributed by atoms with Crippen LogP contribution >= 0.6 is 0 Å². The summed E-state index contributed by atoms with van der Waals surface area (Å²) in [7, 11) is 0. The number of ether oxygens (including phenoxy) is 1. The Morgan fingerprint density at radius 3 is 2.80 bits per heavy atom. The van der Waals surface area contributed by atoms with Gasteiger partial charge in [-0.05, 0) is 25.0 Å². The number of rotatable bonds is 6. The number of hydrogen-bond donors (Lipinski definition) is 2. The number of halogens is 3. The fraction of sp³-hybridized carbons (Fsp3) is 0.400. The monoisotopic (exact) mass is 356 g/mol. The predicted molar refractivity (Wildman–Crippen MR) is 79.4 cm³/mol. The van der Waals surface area contributed by atoms with Crippen LogP contribution in [0.4, 0.5) is 13.2 Å². The van der Waals surface area contributed by atoms with Gasteiger partial charge in [0.1, 0.15) is 12.7 Å². The van der Waals surface area contributed by atoms with Gasteiger partial charge < -0.3 is 9.84 Å². The average Bonchev–Trinajstić information content (AvgIpc) is 3.29. The summed E-state index contributed by atoms with van der Waals surface area (Å²) < 4.78 is 43.8. The van der Waals surface area contributed by atoms with Crippen LogP contribution in [-0.2, 0) is 0 Å². The molecule has 3 rings (SSSR count). The lowest BCUT2D eigenvalue weighted by molar-refractivity contribution is -0.217. The van der Waals surface area contributed by atoms with Crippen LogP contribution in [0.25, 0.3) is 0 Å². The van der Waals surface area contributed by atoms with Crippen molar-refractivity contribution in [2.75, 3.05) is 12.0 Å². The molecule has 134 valence electrons. The zero-order chi connectivity index (χ0) is 18.1. The van der Waals surface area contributed by atoms with Gasteiger partial charge in [-0.2, -0.15) is 18.0 Å². The fourth-order valence-corrected chi connectivity index (χ4v) is 2.38. The van der Waals surface area contributed by atoms with Crippen molar-refractivity contribution in [3.05, 3.63) is 42.4 Å². The van der Waals surface area contributed by atoms with E-state index in [9.17, 15) is 23.1 Å². The molecule has 0 saturated heterocycles. The van der Waals surface area contributed by atoms with E-state index in [1.165, 1.54) is 24.7 Å². The van der Waals surface area contributed by atoms with E-state index in [1.807, 2.05) is 0 Å². The van der Waals surface area contributed by atoms with E-state index in [4.69, 9.17) is 4.74 Å². The van der Waals surface area contributed by atoms with E-state index in [1.54, 1.807) is 12.1 Å². The number of hydrogen-bond acceptors (Lipinski definition) is 5. The molecule has 1 saturated carbocycles. The summed E-state index contributed by atoms with van der Waals surface area (Å²) in [6.45, 7) is -0.535. The summed E-state index contributed by atoms with van der Waals surface area (Å²) in [6.07, 6.45) is -2.09. The number of carbonyl (C=O) groups is 1. The highest BCUT2D eigenvalue weighted by atomic mass is 19.4. The Kier molecular flexibility index (Phi) is 4.38. The Bertz CT molecular complexity index is 744. The fourth-order valence-electron chi connectivity index (χ4n) is 2.38. The van der Waals surface area contributed by atoms with E-state index < -0.39 is 30.2 Å². The molecule has 2 aromatic rings. The van der Waals surface area contributed by atoms with Crippen molar-refractivity contribution in [3.8, 4) is 5.88 Å². The molecule has 1 aliphatic carbocycles. The molecule has 25 heavy (non-hydrogen) atoms. The lowest BCUT2D eigenvalue weighted by Gasteiger charge is -2.24. The molecule has 1 aliphatic rings. The number of aliphatic hydroxyl groups is 1. The lowest BCUT2D eigenvalue weighted by Crippen LogP contribution is -2.39. The van der Waals surface area contributed by atoms with Gasteiger partial charge in [0.15, 0.2) is 0 Å². The van der Waals surface area contributed by atoms with E-state index in [0.717, 1.165) is 4.79 Å². The number of pyridine rings is 1. The predicted octanol–water partition coefficient (Wildman–Crippen LogP) is 1.74. The standard InChI is InChI=1S/C15H15F3N4O3/c16-15(17,18)14(4-5-14)11(23)9-25-12-3-7-22(20-12)21-13(24)10-2-1-6-19-8-10/h1-3,6-8,11,23H,4-5,9H2,(H,21,24). The first-order valence-corrected chi connectivity index (χ1v) is 7.46. The van der Waals surface area contributed by atoms with Crippen LogP contribution in [0.3, 0.4) is 0 Å². The highest BCUT2D eigenvalue weighted by Gasteiger charge is 2.67. The third-order valence-electron chi connectivity index (χ3n) is 4.08. The highest BCUT2D eigenvalue weighted by Crippen LogP contribution is 2.59. The molecule has 10 heteroatoms. The second kappa shape index (κ2) is 6.36. The number of aliphatic hydroxyl groups excluding tert-OH is 1. The van der Waals surface area contributed by atoms with Crippen molar-refractivity contribution in [1.29, 1.82) is 0 Å². The Morgan fingerprint density at radius 2 is 2.20 bits per heavy atom. The summed E-state index contributed by atoms with van der Waals surface area (Å²) in [5.41, 5.74) is 0.674. The molecule has 0 bridgehead atoms. The number of nitrogens with one attached hydrogen (secondary N) is 1. The topological polar surface area (TPSA) is 89.3 Å². The zero-order valence-electron chi connectivity index (χ0n) is 12.9. The van der Waals surface area contributed by atoms with Crippen LogP contribution in [0.15, 0.2) is 36.8 Å². The molecule has 0 radical (unpaired) electrons.